The average molecular weight is 373 g/mol. The second-order valence-corrected chi connectivity index (χ2v) is 6.35. The number of hydrogen-bond donors (Lipinski definition) is 2. The van der Waals surface area contributed by atoms with E-state index in [-0.39, 0.29) is 12.5 Å². The van der Waals surface area contributed by atoms with Crippen molar-refractivity contribution in [1.82, 2.24) is 20.1 Å². The van der Waals surface area contributed by atoms with Crippen LogP contribution >= 0.6 is 23.8 Å². The molecule has 3 rings (SSSR count). The SMILES string of the molecule is O=C(Cn1c(-c2ccc(Cl)cc2)n[nH]c1=S)NCCc1ccccc1. The Balaban J connectivity index is 1.64. The van der Waals surface area contributed by atoms with Gasteiger partial charge in [0, 0.05) is 17.1 Å². The third-order valence-electron chi connectivity index (χ3n) is 3.74. The van der Waals surface area contributed by atoms with Gasteiger partial charge in [0.1, 0.15) is 6.54 Å². The number of carbonyl (C=O) groups is 1. The minimum absolute atomic E-state index is 0.108. The summed E-state index contributed by atoms with van der Waals surface area (Å²) in [6, 6.07) is 17.3. The fraction of sp³-hybridized carbons (Fsp3) is 0.167. The largest absolute Gasteiger partial charge is 0.354 e. The molecule has 128 valence electrons. The molecule has 0 spiro atoms. The number of nitrogens with one attached hydrogen (secondary N) is 2. The van der Waals surface area contributed by atoms with Crippen molar-refractivity contribution in [2.75, 3.05) is 6.54 Å². The molecule has 0 atom stereocenters. The molecule has 2 aromatic carbocycles. The molecule has 1 amide bonds. The normalized spacial score (nSPS) is 10.6. The maximum atomic E-state index is 12.2. The van der Waals surface area contributed by atoms with Crippen LogP contribution in [0.4, 0.5) is 0 Å². The topological polar surface area (TPSA) is 62.7 Å². The number of aromatic amines is 1. The summed E-state index contributed by atoms with van der Waals surface area (Å²) in [4.78, 5) is 12.2. The molecule has 0 unspecified atom stereocenters. The summed E-state index contributed by atoms with van der Waals surface area (Å²) in [5.41, 5.74) is 2.03. The van der Waals surface area contributed by atoms with Crippen molar-refractivity contribution in [1.29, 1.82) is 0 Å². The molecule has 7 heteroatoms. The van der Waals surface area contributed by atoms with E-state index in [9.17, 15) is 4.79 Å². The Hall–Kier alpha value is -2.44. The minimum atomic E-state index is -0.108. The Morgan fingerprint density at radius 3 is 2.60 bits per heavy atom. The first kappa shape index (κ1) is 17.4. The van der Waals surface area contributed by atoms with Crippen molar-refractivity contribution >= 4 is 29.7 Å². The molecule has 0 radical (unpaired) electrons. The molecule has 0 saturated heterocycles. The van der Waals surface area contributed by atoms with E-state index in [1.165, 1.54) is 5.56 Å². The maximum absolute atomic E-state index is 12.2. The molecule has 0 saturated carbocycles. The molecule has 0 aliphatic rings. The fourth-order valence-corrected chi connectivity index (χ4v) is 2.80. The first-order valence-corrected chi connectivity index (χ1v) is 8.64. The predicted molar refractivity (Wildman–Crippen MR) is 101 cm³/mol. The third-order valence-corrected chi connectivity index (χ3v) is 4.30. The summed E-state index contributed by atoms with van der Waals surface area (Å²) in [5, 5.41) is 10.5. The Morgan fingerprint density at radius 2 is 1.88 bits per heavy atom. The summed E-state index contributed by atoms with van der Waals surface area (Å²) in [6.07, 6.45) is 0.785. The van der Waals surface area contributed by atoms with Gasteiger partial charge in [-0.1, -0.05) is 41.9 Å². The van der Waals surface area contributed by atoms with Crippen molar-refractivity contribution in [3.8, 4) is 11.4 Å². The molecule has 1 aromatic heterocycles. The number of hydrogen-bond acceptors (Lipinski definition) is 3. The summed E-state index contributed by atoms with van der Waals surface area (Å²) in [6.45, 7) is 0.687. The quantitative estimate of drug-likeness (QED) is 0.649. The molecule has 5 nitrogen and oxygen atoms in total. The monoisotopic (exact) mass is 372 g/mol. The zero-order valence-corrected chi connectivity index (χ0v) is 15.0. The molecular formula is C18H17ClN4OS. The predicted octanol–water partition coefficient (Wildman–Crippen LogP) is 3.62. The van der Waals surface area contributed by atoms with Crippen LogP contribution in [0.2, 0.25) is 5.02 Å². The Kier molecular flexibility index (Phi) is 5.63. The highest BCUT2D eigenvalue weighted by molar-refractivity contribution is 7.71. The van der Waals surface area contributed by atoms with Crippen LogP contribution in [-0.4, -0.2) is 27.2 Å². The Bertz CT molecular complexity index is 903. The van der Waals surface area contributed by atoms with E-state index in [4.69, 9.17) is 23.8 Å². The van der Waals surface area contributed by atoms with Crippen molar-refractivity contribution in [2.24, 2.45) is 0 Å². The minimum Gasteiger partial charge on any atom is -0.354 e. The summed E-state index contributed by atoms with van der Waals surface area (Å²) >= 11 is 11.2. The summed E-state index contributed by atoms with van der Waals surface area (Å²) < 4.78 is 2.08. The second kappa shape index (κ2) is 8.09. The molecule has 1 heterocycles. The molecular weight excluding hydrogens is 356 g/mol. The van der Waals surface area contributed by atoms with Gasteiger partial charge >= 0.3 is 0 Å². The van der Waals surface area contributed by atoms with Crippen LogP contribution in [0.3, 0.4) is 0 Å². The fourth-order valence-electron chi connectivity index (χ4n) is 2.47. The van der Waals surface area contributed by atoms with Gasteiger partial charge in [0.2, 0.25) is 5.91 Å². The van der Waals surface area contributed by atoms with Gasteiger partial charge < -0.3 is 5.32 Å². The smallest absolute Gasteiger partial charge is 0.240 e. The lowest BCUT2D eigenvalue weighted by Crippen LogP contribution is -2.29. The van der Waals surface area contributed by atoms with Crippen molar-refractivity contribution in [2.45, 2.75) is 13.0 Å². The number of rotatable bonds is 6. The number of halogens is 1. The lowest BCUT2D eigenvalue weighted by Gasteiger charge is -2.08. The number of aromatic nitrogens is 3. The Labute approximate surface area is 155 Å². The lowest BCUT2D eigenvalue weighted by atomic mass is 10.1. The molecule has 2 N–H and O–H groups in total. The van der Waals surface area contributed by atoms with E-state index >= 15 is 0 Å². The van der Waals surface area contributed by atoms with Gasteiger partial charge in [-0.2, -0.15) is 5.10 Å². The van der Waals surface area contributed by atoms with Gasteiger partial charge in [0.25, 0.3) is 0 Å². The first-order valence-electron chi connectivity index (χ1n) is 7.85. The van der Waals surface area contributed by atoms with Crippen LogP contribution in [0.1, 0.15) is 5.56 Å². The van der Waals surface area contributed by atoms with E-state index in [1.54, 1.807) is 16.7 Å². The third kappa shape index (κ3) is 4.55. The van der Waals surface area contributed by atoms with E-state index < -0.39 is 0 Å². The van der Waals surface area contributed by atoms with E-state index in [1.807, 2.05) is 42.5 Å². The first-order chi connectivity index (χ1) is 12.1. The van der Waals surface area contributed by atoms with E-state index in [2.05, 4.69) is 15.5 Å². The van der Waals surface area contributed by atoms with Gasteiger partial charge in [0.05, 0.1) is 0 Å². The second-order valence-electron chi connectivity index (χ2n) is 5.53. The molecule has 3 aromatic rings. The van der Waals surface area contributed by atoms with Crippen LogP contribution in [0.25, 0.3) is 11.4 Å². The molecule has 0 fully saturated rings. The number of benzene rings is 2. The standard InChI is InChI=1S/C18H17ClN4OS/c19-15-8-6-14(7-9-15)17-21-22-18(25)23(17)12-16(24)20-11-10-13-4-2-1-3-5-13/h1-9H,10-12H2,(H,20,24)(H,22,25). The Morgan fingerprint density at radius 1 is 1.16 bits per heavy atom. The summed E-state index contributed by atoms with van der Waals surface area (Å²) in [7, 11) is 0. The van der Waals surface area contributed by atoms with Gasteiger partial charge in [-0.25, -0.2) is 0 Å². The van der Waals surface area contributed by atoms with Crippen molar-refractivity contribution in [3.05, 3.63) is 70.0 Å². The van der Waals surface area contributed by atoms with E-state index in [0.717, 1.165) is 12.0 Å². The van der Waals surface area contributed by atoms with Crippen LogP contribution < -0.4 is 5.32 Å². The van der Waals surface area contributed by atoms with Crippen LogP contribution in [0, 0.1) is 4.77 Å². The van der Waals surface area contributed by atoms with Gasteiger partial charge in [0.15, 0.2) is 10.6 Å². The van der Waals surface area contributed by atoms with Crippen LogP contribution in [0.15, 0.2) is 54.6 Å². The van der Waals surface area contributed by atoms with Gasteiger partial charge in [-0.05, 0) is 48.5 Å². The highest BCUT2D eigenvalue weighted by Gasteiger charge is 2.12. The van der Waals surface area contributed by atoms with Crippen LogP contribution in [0.5, 0.6) is 0 Å². The van der Waals surface area contributed by atoms with Crippen LogP contribution in [-0.2, 0) is 17.8 Å². The van der Waals surface area contributed by atoms with Gasteiger partial charge in [-0.3, -0.25) is 14.5 Å². The number of amides is 1. The zero-order valence-electron chi connectivity index (χ0n) is 13.4. The average Bonchev–Trinajstić information content (AvgIpc) is 2.97. The molecule has 0 aliphatic heterocycles. The lowest BCUT2D eigenvalue weighted by molar-refractivity contribution is -0.121. The zero-order chi connectivity index (χ0) is 17.6. The highest BCUT2D eigenvalue weighted by atomic mass is 35.5. The highest BCUT2D eigenvalue weighted by Crippen LogP contribution is 2.19. The summed E-state index contributed by atoms with van der Waals surface area (Å²) in [5.74, 6) is 0.503. The molecule has 0 aliphatic carbocycles. The van der Waals surface area contributed by atoms with Crippen molar-refractivity contribution < 1.29 is 4.79 Å². The van der Waals surface area contributed by atoms with E-state index in [0.29, 0.717) is 22.2 Å². The number of nitrogens with zero attached hydrogens (tertiary/aromatic N) is 2. The molecule has 0 bridgehead atoms. The van der Waals surface area contributed by atoms with Crippen molar-refractivity contribution in [3.63, 3.8) is 0 Å². The maximum Gasteiger partial charge on any atom is 0.240 e. The number of H-pyrrole nitrogens is 1. The molecule has 25 heavy (non-hydrogen) atoms. The van der Waals surface area contributed by atoms with Gasteiger partial charge in [-0.15, -0.1) is 0 Å². The number of carbonyl (C=O) groups excluding carboxylic acids is 1.